The van der Waals surface area contributed by atoms with Crippen molar-refractivity contribution >= 4 is 8.05 Å². The minimum absolute atomic E-state index is 0.484. The summed E-state index contributed by atoms with van der Waals surface area (Å²) in [5.41, 5.74) is 2.33. The summed E-state index contributed by atoms with van der Waals surface area (Å²) >= 11 is 0. The van der Waals surface area contributed by atoms with E-state index < -0.39 is 0 Å². The molecule has 4 heteroatoms. The van der Waals surface area contributed by atoms with Gasteiger partial charge in [0.15, 0.2) is 5.88 Å². The van der Waals surface area contributed by atoms with Crippen molar-refractivity contribution in [3.8, 4) is 5.88 Å². The van der Waals surface area contributed by atoms with Crippen molar-refractivity contribution in [2.24, 2.45) is 0 Å². The topological polar surface area (TPSA) is 34.1 Å². The molecule has 0 unspecified atom stereocenters. The molecule has 3 nitrogen and oxygen atoms in total. The van der Waals surface area contributed by atoms with Gasteiger partial charge in [-0.2, -0.15) is 0 Å². The summed E-state index contributed by atoms with van der Waals surface area (Å²) in [5.74, 6) is 0.484. The maximum absolute atomic E-state index is 5.00. The Bertz CT molecular complexity index is 290. The second-order valence-electron chi connectivity index (χ2n) is 2.80. The minimum Gasteiger partial charge on any atom is -0.555 e. The molecule has 2 rings (SSSR count). The standard InChI is InChI=1S/C8H9BN2O/c9-12-8-2-1-6-3-4-10-5-7(6)11-8/h1-2,10H,3-5H2. The van der Waals surface area contributed by atoms with Crippen molar-refractivity contribution in [1.82, 2.24) is 10.3 Å². The van der Waals surface area contributed by atoms with Crippen LogP contribution in [0.1, 0.15) is 11.3 Å². The van der Waals surface area contributed by atoms with Crippen LogP contribution in [0.4, 0.5) is 0 Å². The molecule has 0 saturated carbocycles. The van der Waals surface area contributed by atoms with Gasteiger partial charge in [0.25, 0.3) is 0 Å². The summed E-state index contributed by atoms with van der Waals surface area (Å²) in [6.45, 7) is 1.84. The third-order valence-electron chi connectivity index (χ3n) is 2.03. The average molecular weight is 160 g/mol. The predicted molar refractivity (Wildman–Crippen MR) is 46.0 cm³/mol. The van der Waals surface area contributed by atoms with E-state index in [0.717, 1.165) is 25.2 Å². The summed E-state index contributed by atoms with van der Waals surface area (Å²) in [6, 6.07) is 3.81. The molecule has 0 spiro atoms. The number of pyridine rings is 1. The van der Waals surface area contributed by atoms with Crippen LogP contribution < -0.4 is 9.97 Å². The fourth-order valence-corrected chi connectivity index (χ4v) is 1.39. The van der Waals surface area contributed by atoms with Gasteiger partial charge in [0, 0.05) is 6.54 Å². The van der Waals surface area contributed by atoms with Crippen molar-refractivity contribution in [3.05, 3.63) is 23.4 Å². The molecule has 1 aliphatic heterocycles. The van der Waals surface area contributed by atoms with Crippen LogP contribution in [0, 0.1) is 0 Å². The van der Waals surface area contributed by atoms with Crippen molar-refractivity contribution in [3.63, 3.8) is 0 Å². The van der Waals surface area contributed by atoms with Crippen LogP contribution in [-0.4, -0.2) is 19.6 Å². The van der Waals surface area contributed by atoms with E-state index in [1.165, 1.54) is 5.56 Å². The Hall–Kier alpha value is -1.03. The number of nitrogens with one attached hydrogen (secondary N) is 1. The SMILES string of the molecule is [B]Oc1ccc2c(n1)CNCC2. The lowest BCUT2D eigenvalue weighted by atomic mass is 10.1. The van der Waals surface area contributed by atoms with Gasteiger partial charge in [-0.1, -0.05) is 6.07 Å². The van der Waals surface area contributed by atoms with Crippen LogP contribution in [0.3, 0.4) is 0 Å². The number of rotatable bonds is 1. The summed E-state index contributed by atoms with van der Waals surface area (Å²) in [7, 11) is 5.00. The zero-order chi connectivity index (χ0) is 8.39. The van der Waals surface area contributed by atoms with Crippen molar-refractivity contribution in [1.29, 1.82) is 0 Å². The van der Waals surface area contributed by atoms with Gasteiger partial charge in [-0.25, -0.2) is 4.98 Å². The molecule has 0 fully saturated rings. The van der Waals surface area contributed by atoms with Crippen LogP contribution in [0.5, 0.6) is 5.88 Å². The molecule has 0 aromatic carbocycles. The highest BCUT2D eigenvalue weighted by Crippen LogP contribution is 2.15. The van der Waals surface area contributed by atoms with Gasteiger partial charge in [-0.05, 0) is 24.6 Å². The Labute approximate surface area is 72.6 Å². The van der Waals surface area contributed by atoms with Gasteiger partial charge in [-0.3, -0.25) is 0 Å². The molecule has 0 aliphatic carbocycles. The summed E-state index contributed by atoms with van der Waals surface area (Å²) < 4.78 is 4.54. The van der Waals surface area contributed by atoms with Gasteiger partial charge >= 0.3 is 8.05 Å². The highest BCUT2D eigenvalue weighted by atomic mass is 16.4. The van der Waals surface area contributed by atoms with Gasteiger partial charge in [0.1, 0.15) is 0 Å². The van der Waals surface area contributed by atoms with Crippen molar-refractivity contribution in [2.75, 3.05) is 6.54 Å². The molecule has 2 radical (unpaired) electrons. The number of hydrogen-bond donors (Lipinski definition) is 1. The minimum atomic E-state index is 0.484. The van der Waals surface area contributed by atoms with E-state index in [9.17, 15) is 0 Å². The molecule has 0 bridgehead atoms. The molecule has 60 valence electrons. The van der Waals surface area contributed by atoms with E-state index >= 15 is 0 Å². The van der Waals surface area contributed by atoms with Gasteiger partial charge in [0.2, 0.25) is 0 Å². The van der Waals surface area contributed by atoms with E-state index in [2.05, 4.69) is 15.0 Å². The lowest BCUT2D eigenvalue weighted by Gasteiger charge is -2.16. The summed E-state index contributed by atoms with van der Waals surface area (Å²) in [6.07, 6.45) is 1.03. The van der Waals surface area contributed by atoms with Crippen molar-refractivity contribution in [2.45, 2.75) is 13.0 Å². The number of hydrogen-bond acceptors (Lipinski definition) is 3. The van der Waals surface area contributed by atoms with Crippen LogP contribution in [0.15, 0.2) is 12.1 Å². The third-order valence-corrected chi connectivity index (χ3v) is 2.03. The van der Waals surface area contributed by atoms with Gasteiger partial charge in [0.05, 0.1) is 5.69 Å². The fraction of sp³-hybridized carbons (Fsp3) is 0.375. The fourth-order valence-electron chi connectivity index (χ4n) is 1.39. The number of fused-ring (bicyclic) bond motifs is 1. The predicted octanol–water partition coefficient (Wildman–Crippen LogP) is 0.190. The molecule has 1 N–H and O–H groups in total. The van der Waals surface area contributed by atoms with E-state index in [1.807, 2.05) is 6.07 Å². The number of aromatic nitrogens is 1. The molecule has 12 heavy (non-hydrogen) atoms. The average Bonchev–Trinajstić information content (AvgIpc) is 2.17. The van der Waals surface area contributed by atoms with Gasteiger partial charge < -0.3 is 9.97 Å². The Balaban J connectivity index is 2.36. The van der Waals surface area contributed by atoms with Crippen LogP contribution in [-0.2, 0) is 13.0 Å². The molecule has 2 heterocycles. The summed E-state index contributed by atoms with van der Waals surface area (Å²) in [4.78, 5) is 4.22. The first kappa shape index (κ1) is 7.62. The Morgan fingerprint density at radius 1 is 1.50 bits per heavy atom. The third kappa shape index (κ3) is 1.30. The van der Waals surface area contributed by atoms with Crippen LogP contribution in [0.2, 0.25) is 0 Å². The Kier molecular flexibility index (Phi) is 2.00. The van der Waals surface area contributed by atoms with Crippen LogP contribution in [0.25, 0.3) is 0 Å². The lowest BCUT2D eigenvalue weighted by Crippen LogP contribution is -2.24. The van der Waals surface area contributed by atoms with Crippen molar-refractivity contribution < 1.29 is 4.65 Å². The first-order valence-corrected chi connectivity index (χ1v) is 3.96. The smallest absolute Gasteiger partial charge is 0.376 e. The molecular formula is C8H9BN2O. The maximum atomic E-state index is 5.00. The maximum Gasteiger partial charge on any atom is 0.376 e. The first-order valence-electron chi connectivity index (χ1n) is 3.96. The van der Waals surface area contributed by atoms with Gasteiger partial charge in [-0.15, -0.1) is 0 Å². The van der Waals surface area contributed by atoms with E-state index in [0.29, 0.717) is 5.88 Å². The molecule has 0 atom stereocenters. The number of nitrogens with zero attached hydrogens (tertiary/aromatic N) is 1. The second-order valence-corrected chi connectivity index (χ2v) is 2.80. The molecule has 1 aliphatic rings. The molecule has 1 aromatic heterocycles. The summed E-state index contributed by atoms with van der Waals surface area (Å²) in [5, 5.41) is 3.23. The Morgan fingerprint density at radius 3 is 3.25 bits per heavy atom. The van der Waals surface area contributed by atoms with E-state index in [1.54, 1.807) is 6.07 Å². The highest BCUT2D eigenvalue weighted by Gasteiger charge is 2.09. The van der Waals surface area contributed by atoms with Crippen LogP contribution >= 0.6 is 0 Å². The monoisotopic (exact) mass is 160 g/mol. The molecule has 0 amide bonds. The first-order chi connectivity index (χ1) is 5.90. The van der Waals surface area contributed by atoms with E-state index in [-0.39, 0.29) is 0 Å². The molecule has 1 aromatic rings. The largest absolute Gasteiger partial charge is 0.555 e. The van der Waals surface area contributed by atoms with E-state index in [4.69, 9.17) is 8.05 Å². The highest BCUT2D eigenvalue weighted by molar-refractivity contribution is 5.99. The molecule has 0 saturated heterocycles. The normalized spacial score (nSPS) is 15.3. The zero-order valence-corrected chi connectivity index (χ0v) is 6.71. The quantitative estimate of drug-likeness (QED) is 0.595. The Morgan fingerprint density at radius 2 is 2.42 bits per heavy atom. The zero-order valence-electron chi connectivity index (χ0n) is 6.71. The lowest BCUT2D eigenvalue weighted by molar-refractivity contribution is 0.563. The second kappa shape index (κ2) is 3.15. The molecular weight excluding hydrogens is 151 g/mol.